The molecule has 0 radical (unpaired) electrons. The molecule has 6 rings (SSSR count). The van der Waals surface area contributed by atoms with Crippen LogP contribution in [0.4, 0.5) is 0 Å². The number of phenolic OH excluding ortho intramolecular Hbond substituents is 3. The molecule has 11 heteroatoms. The van der Waals surface area contributed by atoms with Crippen LogP contribution in [0.25, 0.3) is 0 Å². The zero-order valence-corrected chi connectivity index (χ0v) is 28.2. The van der Waals surface area contributed by atoms with Crippen molar-refractivity contribution < 1.29 is 39.1 Å². The average Bonchev–Trinajstić information content (AvgIpc) is 3.06. The van der Waals surface area contributed by atoms with E-state index in [-0.39, 0.29) is 59.8 Å². The fraction of sp³-hybridized carbons (Fsp3) is 0.500. The smallest absolute Gasteiger partial charge is 0.302 e. The number of carbonyl (C=O) groups excluding carboxylic acids is 1. The van der Waals surface area contributed by atoms with Gasteiger partial charge < -0.3 is 34.3 Å². The summed E-state index contributed by atoms with van der Waals surface area (Å²) in [7, 11) is 3.75. The molecule has 1 aliphatic carbocycles. The summed E-state index contributed by atoms with van der Waals surface area (Å²) in [5.41, 5.74) is 2.67. The molecule has 2 fully saturated rings. The minimum atomic E-state index is -0.509. The normalized spacial score (nSPS) is 26.5. The van der Waals surface area contributed by atoms with E-state index in [0.717, 1.165) is 41.9 Å². The first kappa shape index (κ1) is 33.6. The number of aromatic nitrogens is 1. The standard InChI is InChI=1S/C36H43NO8S2/c1-22(38)43-29-17-32(26-15-31(40)36(41)35(16-26)42-11-9-23-5-3-10-37-19-23)45-33(18-29)27-12-24-7-8-30(39)34(14-24)44-28-6-2-4-25(13-28)20-46-47-21-27/h3,5,7-8,10,14-16,19,25,27-29,32-33,39-41H,2,4,6,9,11-13,17-18,20-21H2,1H3/t25-,27+,28-,29-,32-,33+/m0/s1. The van der Waals surface area contributed by atoms with Crippen LogP contribution in [0.5, 0.6) is 28.7 Å². The van der Waals surface area contributed by atoms with Crippen molar-refractivity contribution in [3.05, 3.63) is 71.5 Å². The van der Waals surface area contributed by atoms with Crippen LogP contribution >= 0.6 is 21.6 Å². The van der Waals surface area contributed by atoms with Gasteiger partial charge in [0.2, 0.25) is 5.75 Å². The number of fused-ring (bicyclic) bond motifs is 4. The van der Waals surface area contributed by atoms with E-state index in [1.165, 1.54) is 19.4 Å². The number of carbonyl (C=O) groups is 1. The molecule has 0 amide bonds. The van der Waals surface area contributed by atoms with Crippen LogP contribution in [-0.2, 0) is 27.1 Å². The molecule has 0 unspecified atom stereocenters. The lowest BCUT2D eigenvalue weighted by molar-refractivity contribution is -0.163. The summed E-state index contributed by atoms with van der Waals surface area (Å²) in [6.45, 7) is 1.70. The van der Waals surface area contributed by atoms with Crippen molar-refractivity contribution in [2.24, 2.45) is 11.8 Å². The van der Waals surface area contributed by atoms with Crippen molar-refractivity contribution in [1.82, 2.24) is 4.98 Å². The molecule has 1 saturated heterocycles. The van der Waals surface area contributed by atoms with Gasteiger partial charge in [0.25, 0.3) is 0 Å². The highest BCUT2D eigenvalue weighted by atomic mass is 33.1. The number of benzene rings is 2. The topological polar surface area (TPSA) is 128 Å². The summed E-state index contributed by atoms with van der Waals surface area (Å²) in [6, 6.07) is 12.6. The van der Waals surface area contributed by atoms with Crippen molar-refractivity contribution >= 4 is 27.6 Å². The monoisotopic (exact) mass is 681 g/mol. The molecule has 2 aromatic carbocycles. The molecule has 3 N–H and O–H groups in total. The van der Waals surface area contributed by atoms with Gasteiger partial charge in [0.1, 0.15) is 6.10 Å². The van der Waals surface area contributed by atoms with Crippen molar-refractivity contribution in [1.29, 1.82) is 0 Å². The lowest BCUT2D eigenvalue weighted by Gasteiger charge is -2.39. The van der Waals surface area contributed by atoms with E-state index in [1.807, 2.05) is 45.9 Å². The maximum absolute atomic E-state index is 12.1. The molecule has 1 saturated carbocycles. The van der Waals surface area contributed by atoms with Gasteiger partial charge >= 0.3 is 5.97 Å². The first-order valence-electron chi connectivity index (χ1n) is 16.4. The lowest BCUT2D eigenvalue weighted by Crippen LogP contribution is -2.39. The van der Waals surface area contributed by atoms with Crippen molar-refractivity contribution in [3.63, 3.8) is 0 Å². The van der Waals surface area contributed by atoms with Gasteiger partial charge in [-0.3, -0.25) is 9.78 Å². The fourth-order valence-electron chi connectivity index (χ4n) is 6.84. The predicted molar refractivity (Wildman–Crippen MR) is 182 cm³/mol. The van der Waals surface area contributed by atoms with Crippen molar-refractivity contribution in [3.8, 4) is 28.7 Å². The number of esters is 1. The maximum atomic E-state index is 12.1. The third kappa shape index (κ3) is 9.00. The van der Waals surface area contributed by atoms with Crippen LogP contribution in [0.3, 0.4) is 0 Å². The highest BCUT2D eigenvalue weighted by molar-refractivity contribution is 8.76. The number of ether oxygens (including phenoxy) is 4. The van der Waals surface area contributed by atoms with Crippen molar-refractivity contribution in [2.45, 2.75) is 82.7 Å². The van der Waals surface area contributed by atoms with Gasteiger partial charge in [-0.25, -0.2) is 0 Å². The lowest BCUT2D eigenvalue weighted by atomic mass is 9.87. The zero-order chi connectivity index (χ0) is 32.8. The fourth-order valence-corrected chi connectivity index (χ4v) is 9.71. The Morgan fingerprint density at radius 1 is 1.02 bits per heavy atom. The number of hydrogen-bond donors (Lipinski definition) is 3. The highest BCUT2D eigenvalue weighted by Crippen LogP contribution is 2.45. The van der Waals surface area contributed by atoms with Crippen LogP contribution in [0.2, 0.25) is 0 Å². The SMILES string of the molecule is CC(=O)O[C@H]1C[C@@H](c2cc(O)c(O)c(OCCc3cccnc3)c2)O[C@@H]([C@H]2CSSC[C@H]3CCC[C@@H](C3)Oc3cc(ccc3O)C2)C1. The predicted octanol–water partition coefficient (Wildman–Crippen LogP) is 7.16. The number of hydrogen-bond acceptors (Lipinski definition) is 11. The minimum absolute atomic E-state index is 0.0618. The molecule has 2 aliphatic heterocycles. The second-order valence-electron chi connectivity index (χ2n) is 12.8. The first-order chi connectivity index (χ1) is 22.8. The number of rotatable bonds is 7. The zero-order valence-electron chi connectivity index (χ0n) is 26.6. The Hall–Kier alpha value is -3.28. The van der Waals surface area contributed by atoms with Gasteiger partial charge in [0.05, 0.1) is 24.9 Å². The molecular formula is C36H43NO8S2. The molecule has 252 valence electrons. The molecule has 47 heavy (non-hydrogen) atoms. The number of nitrogens with zero attached hydrogens (tertiary/aromatic N) is 1. The quantitative estimate of drug-likeness (QED) is 0.134. The number of phenols is 3. The highest BCUT2D eigenvalue weighted by Gasteiger charge is 2.37. The average molecular weight is 682 g/mol. The summed E-state index contributed by atoms with van der Waals surface area (Å²) in [4.78, 5) is 16.3. The third-order valence-corrected chi connectivity index (χ3v) is 11.9. The van der Waals surface area contributed by atoms with Crippen LogP contribution in [-0.4, -0.2) is 62.7 Å². The Balaban J connectivity index is 1.24. The van der Waals surface area contributed by atoms with Crippen LogP contribution < -0.4 is 9.47 Å². The van der Waals surface area contributed by atoms with Gasteiger partial charge in [-0.15, -0.1) is 0 Å². The number of aromatic hydroxyl groups is 3. The largest absolute Gasteiger partial charge is 0.504 e. The van der Waals surface area contributed by atoms with E-state index in [0.29, 0.717) is 42.9 Å². The molecule has 3 aliphatic rings. The molecule has 0 spiro atoms. The van der Waals surface area contributed by atoms with Gasteiger partial charge in [0, 0.05) is 50.1 Å². The Morgan fingerprint density at radius 2 is 1.89 bits per heavy atom. The molecule has 3 aromatic rings. The van der Waals surface area contributed by atoms with Gasteiger partial charge in [0.15, 0.2) is 23.0 Å². The van der Waals surface area contributed by atoms with Crippen LogP contribution in [0, 0.1) is 11.8 Å². The van der Waals surface area contributed by atoms with E-state index in [4.69, 9.17) is 18.9 Å². The van der Waals surface area contributed by atoms with Crippen molar-refractivity contribution in [2.75, 3.05) is 18.1 Å². The van der Waals surface area contributed by atoms with Gasteiger partial charge in [-0.05, 0) is 91.0 Å². The van der Waals surface area contributed by atoms with Gasteiger partial charge in [-0.1, -0.05) is 33.7 Å². The first-order valence-corrected chi connectivity index (χ1v) is 18.9. The summed E-state index contributed by atoms with van der Waals surface area (Å²) in [6.07, 6.45) is 8.94. The van der Waals surface area contributed by atoms with Crippen LogP contribution in [0.1, 0.15) is 68.2 Å². The molecular weight excluding hydrogens is 639 g/mol. The summed E-state index contributed by atoms with van der Waals surface area (Å²) < 4.78 is 24.9. The van der Waals surface area contributed by atoms with Gasteiger partial charge in [-0.2, -0.15) is 0 Å². The molecule has 3 heterocycles. The molecule has 4 bridgehead atoms. The Labute approximate surface area is 283 Å². The minimum Gasteiger partial charge on any atom is -0.504 e. The molecule has 1 aromatic heterocycles. The van der Waals surface area contributed by atoms with E-state index in [9.17, 15) is 20.1 Å². The Kier molecular flexibility index (Phi) is 11.3. The second-order valence-corrected chi connectivity index (χ2v) is 15.4. The molecule has 6 atom stereocenters. The van der Waals surface area contributed by atoms with E-state index in [2.05, 4.69) is 4.98 Å². The Bertz CT molecular complexity index is 1510. The number of pyridine rings is 1. The molecule has 9 nitrogen and oxygen atoms in total. The summed E-state index contributed by atoms with van der Waals surface area (Å²) in [5.74, 6) is 2.36. The van der Waals surface area contributed by atoms with E-state index in [1.54, 1.807) is 24.5 Å². The summed E-state index contributed by atoms with van der Waals surface area (Å²) >= 11 is 0. The Morgan fingerprint density at radius 3 is 2.72 bits per heavy atom. The third-order valence-electron chi connectivity index (χ3n) is 9.21. The van der Waals surface area contributed by atoms with E-state index < -0.39 is 6.10 Å². The summed E-state index contributed by atoms with van der Waals surface area (Å²) in [5, 5.41) is 32.0. The van der Waals surface area contributed by atoms with E-state index >= 15 is 0 Å². The second kappa shape index (κ2) is 15.7. The maximum Gasteiger partial charge on any atom is 0.302 e. The van der Waals surface area contributed by atoms with Crippen LogP contribution in [0.15, 0.2) is 54.9 Å².